The zero-order chi connectivity index (χ0) is 14.5. The van der Waals surface area contributed by atoms with Crippen molar-refractivity contribution in [3.8, 4) is 11.5 Å². The molecule has 19 heavy (non-hydrogen) atoms. The zero-order valence-corrected chi connectivity index (χ0v) is 12.2. The summed E-state index contributed by atoms with van der Waals surface area (Å²) in [6, 6.07) is 8.76. The quantitative estimate of drug-likeness (QED) is 0.602. The highest BCUT2D eigenvalue weighted by atomic mass is 28.3. The molecule has 0 radical (unpaired) electrons. The van der Waals surface area contributed by atoms with Crippen LogP contribution in [0, 0.1) is 11.5 Å². The van der Waals surface area contributed by atoms with Crippen molar-refractivity contribution in [2.45, 2.75) is 38.5 Å². The van der Waals surface area contributed by atoms with Gasteiger partial charge in [-0.15, -0.1) is 5.54 Å². The van der Waals surface area contributed by atoms with Crippen LogP contribution in [0.4, 0.5) is 13.2 Å². The Morgan fingerprint density at radius 3 is 2.21 bits per heavy atom. The molecule has 0 spiro atoms. The van der Waals surface area contributed by atoms with Crippen LogP contribution >= 0.6 is 0 Å². The molecule has 1 aromatic carbocycles. The number of halogens is 3. The zero-order valence-electron chi connectivity index (χ0n) is 11.2. The van der Waals surface area contributed by atoms with Gasteiger partial charge in [-0.2, -0.15) is 13.2 Å². The molecule has 1 nitrogen and oxygen atoms in total. The molecule has 0 aromatic heterocycles. The lowest BCUT2D eigenvalue weighted by molar-refractivity contribution is -0.203. The monoisotopic (exact) mass is 286 g/mol. The van der Waals surface area contributed by atoms with Crippen LogP contribution in [0.25, 0.3) is 0 Å². The van der Waals surface area contributed by atoms with Crippen molar-refractivity contribution in [3.05, 3.63) is 35.9 Å². The minimum Gasteiger partial charge on any atom is -0.352 e. The standard InChI is InChI=1S/C14H17F3OSi/c1-19(2,3)10-9-13(14(15,16)17)18-11-12-7-5-4-6-8-12/h4-8,13H,11H2,1-3H3/t13-/m0/s1. The fraction of sp³-hybridized carbons (Fsp3) is 0.429. The van der Waals surface area contributed by atoms with Gasteiger partial charge in [-0.1, -0.05) is 55.9 Å². The van der Waals surface area contributed by atoms with Gasteiger partial charge in [0.1, 0.15) is 8.07 Å². The molecule has 1 atom stereocenters. The summed E-state index contributed by atoms with van der Waals surface area (Å²) < 4.78 is 43.3. The van der Waals surface area contributed by atoms with E-state index in [1.807, 2.05) is 19.6 Å². The van der Waals surface area contributed by atoms with Crippen LogP contribution in [0.3, 0.4) is 0 Å². The highest BCUT2D eigenvalue weighted by Crippen LogP contribution is 2.23. The first-order chi connectivity index (χ1) is 8.68. The highest BCUT2D eigenvalue weighted by molar-refractivity contribution is 6.83. The summed E-state index contributed by atoms with van der Waals surface area (Å²) in [5, 5.41) is 0. The molecule has 1 rings (SSSR count). The van der Waals surface area contributed by atoms with Crippen molar-refractivity contribution in [1.82, 2.24) is 0 Å². The maximum Gasteiger partial charge on any atom is 0.426 e. The third kappa shape index (κ3) is 6.46. The van der Waals surface area contributed by atoms with Crippen LogP contribution in [0.2, 0.25) is 19.6 Å². The number of rotatable bonds is 3. The summed E-state index contributed by atoms with van der Waals surface area (Å²) in [5.74, 6) is 2.23. The number of hydrogen-bond acceptors (Lipinski definition) is 1. The molecule has 0 saturated heterocycles. The predicted molar refractivity (Wildman–Crippen MR) is 72.2 cm³/mol. The molecule has 0 saturated carbocycles. The van der Waals surface area contributed by atoms with Gasteiger partial charge in [0.15, 0.2) is 0 Å². The van der Waals surface area contributed by atoms with E-state index in [2.05, 4.69) is 11.5 Å². The molecule has 0 bridgehead atoms. The van der Waals surface area contributed by atoms with Gasteiger partial charge in [0.05, 0.1) is 6.61 Å². The van der Waals surface area contributed by atoms with Crippen LogP contribution in [0.5, 0.6) is 0 Å². The Kier molecular flexibility index (Phi) is 5.21. The molecule has 0 amide bonds. The molecular weight excluding hydrogens is 269 g/mol. The topological polar surface area (TPSA) is 9.23 Å². The summed E-state index contributed by atoms with van der Waals surface area (Å²) in [7, 11) is -1.85. The van der Waals surface area contributed by atoms with Gasteiger partial charge in [0.2, 0.25) is 6.10 Å². The minimum atomic E-state index is -4.46. The fourth-order valence-electron chi connectivity index (χ4n) is 1.25. The normalized spacial score (nSPS) is 13.6. The van der Waals surface area contributed by atoms with Gasteiger partial charge in [-0.05, 0) is 5.56 Å². The molecule has 0 aliphatic rings. The summed E-state index contributed by atoms with van der Waals surface area (Å²) in [6.07, 6.45) is -6.47. The number of ether oxygens (including phenoxy) is 1. The van der Waals surface area contributed by atoms with Crippen molar-refractivity contribution in [3.63, 3.8) is 0 Å². The number of alkyl halides is 3. The van der Waals surface area contributed by atoms with E-state index in [-0.39, 0.29) is 6.61 Å². The summed E-state index contributed by atoms with van der Waals surface area (Å²) in [5.41, 5.74) is 3.41. The Labute approximate surface area is 112 Å². The van der Waals surface area contributed by atoms with E-state index in [4.69, 9.17) is 4.74 Å². The number of benzene rings is 1. The largest absolute Gasteiger partial charge is 0.426 e. The lowest BCUT2D eigenvalue weighted by Crippen LogP contribution is -2.31. The van der Waals surface area contributed by atoms with Crippen molar-refractivity contribution in [1.29, 1.82) is 0 Å². The van der Waals surface area contributed by atoms with E-state index in [1.54, 1.807) is 30.3 Å². The Bertz CT molecular complexity index is 452. The van der Waals surface area contributed by atoms with E-state index in [9.17, 15) is 13.2 Å². The van der Waals surface area contributed by atoms with Crippen LogP contribution in [0.1, 0.15) is 5.56 Å². The molecular formula is C14H17F3OSi. The second-order valence-electron chi connectivity index (χ2n) is 5.24. The molecule has 0 aliphatic carbocycles. The highest BCUT2D eigenvalue weighted by Gasteiger charge is 2.39. The maximum absolute atomic E-state index is 12.8. The van der Waals surface area contributed by atoms with E-state index in [0.29, 0.717) is 5.56 Å². The average Bonchev–Trinajstić information content (AvgIpc) is 2.27. The minimum absolute atomic E-state index is 0.0919. The van der Waals surface area contributed by atoms with Gasteiger partial charge >= 0.3 is 6.18 Å². The summed E-state index contributed by atoms with van der Waals surface area (Å²) >= 11 is 0. The third-order valence-corrected chi connectivity index (χ3v) is 3.03. The number of hydrogen-bond donors (Lipinski definition) is 0. The van der Waals surface area contributed by atoms with Crippen LogP contribution < -0.4 is 0 Å². The predicted octanol–water partition coefficient (Wildman–Crippen LogP) is 4.01. The molecule has 1 aromatic rings. The van der Waals surface area contributed by atoms with Gasteiger partial charge < -0.3 is 4.74 Å². The first-order valence-electron chi connectivity index (χ1n) is 5.93. The second-order valence-corrected chi connectivity index (χ2v) is 9.99. The smallest absolute Gasteiger partial charge is 0.352 e. The van der Waals surface area contributed by atoms with Crippen LogP contribution in [-0.4, -0.2) is 20.4 Å². The van der Waals surface area contributed by atoms with E-state index >= 15 is 0 Å². The maximum atomic E-state index is 12.8. The molecule has 5 heteroatoms. The average molecular weight is 286 g/mol. The lowest BCUT2D eigenvalue weighted by Gasteiger charge is -2.16. The molecule has 0 N–H and O–H groups in total. The SMILES string of the molecule is C[Si](C)(C)C#C[C@H](OCc1ccccc1)C(F)(F)F. The Hall–Kier alpha value is -1.25. The van der Waals surface area contributed by atoms with Crippen molar-refractivity contribution in [2.75, 3.05) is 0 Å². The van der Waals surface area contributed by atoms with Gasteiger partial charge in [-0.3, -0.25) is 0 Å². The summed E-state index contributed by atoms with van der Waals surface area (Å²) in [6.45, 7) is 5.59. The first kappa shape index (κ1) is 15.8. The van der Waals surface area contributed by atoms with Gasteiger partial charge in [0, 0.05) is 0 Å². The third-order valence-electron chi connectivity index (χ3n) is 2.14. The van der Waals surface area contributed by atoms with Crippen LogP contribution in [0.15, 0.2) is 30.3 Å². The fourth-order valence-corrected chi connectivity index (χ4v) is 1.82. The Morgan fingerprint density at radius 1 is 1.16 bits per heavy atom. The van der Waals surface area contributed by atoms with Crippen molar-refractivity contribution in [2.24, 2.45) is 0 Å². The molecule has 104 valence electrons. The lowest BCUT2D eigenvalue weighted by atomic mass is 10.2. The van der Waals surface area contributed by atoms with Crippen LogP contribution in [-0.2, 0) is 11.3 Å². The van der Waals surface area contributed by atoms with E-state index in [0.717, 1.165) is 0 Å². The van der Waals surface area contributed by atoms with Gasteiger partial charge in [0.25, 0.3) is 0 Å². The second kappa shape index (κ2) is 6.26. The van der Waals surface area contributed by atoms with E-state index < -0.39 is 20.4 Å². The molecule has 0 unspecified atom stereocenters. The summed E-state index contributed by atoms with van der Waals surface area (Å²) in [4.78, 5) is 0. The Balaban J connectivity index is 2.74. The molecule has 0 heterocycles. The molecule has 0 fully saturated rings. The Morgan fingerprint density at radius 2 is 1.74 bits per heavy atom. The molecule has 0 aliphatic heterocycles. The van der Waals surface area contributed by atoms with Gasteiger partial charge in [-0.25, -0.2) is 0 Å². The van der Waals surface area contributed by atoms with Crippen molar-refractivity contribution < 1.29 is 17.9 Å². The van der Waals surface area contributed by atoms with Crippen molar-refractivity contribution >= 4 is 8.07 Å². The van der Waals surface area contributed by atoms with E-state index in [1.165, 1.54) is 0 Å². The first-order valence-corrected chi connectivity index (χ1v) is 9.43.